The second-order valence-corrected chi connectivity index (χ2v) is 6.66. The van der Waals surface area contributed by atoms with Crippen LogP contribution in [0.15, 0.2) is 28.7 Å². The third-order valence-corrected chi connectivity index (χ3v) is 5.19. The Bertz CT molecular complexity index is 580. The highest BCUT2D eigenvalue weighted by atomic mass is 79.9. The molecule has 0 amide bonds. The molecule has 0 radical (unpaired) electrons. The van der Waals surface area contributed by atoms with Crippen molar-refractivity contribution < 1.29 is 4.74 Å². The molecule has 0 aliphatic carbocycles. The predicted molar refractivity (Wildman–Crippen MR) is 85.4 cm³/mol. The standard InChI is InChI=1S/C15H18BrNOS/c1-9-5-6-11(8-13(9)18-4)14(17-3)15-12(16)7-10(2)19-15/h5-8,14,17H,1-4H3. The monoisotopic (exact) mass is 339 g/mol. The maximum Gasteiger partial charge on any atom is 0.122 e. The summed E-state index contributed by atoms with van der Waals surface area (Å²) in [4.78, 5) is 2.60. The van der Waals surface area contributed by atoms with Gasteiger partial charge < -0.3 is 10.1 Å². The minimum atomic E-state index is 0.183. The van der Waals surface area contributed by atoms with Gasteiger partial charge in [-0.3, -0.25) is 0 Å². The van der Waals surface area contributed by atoms with Gasteiger partial charge in [0.15, 0.2) is 0 Å². The molecule has 2 aromatic rings. The Morgan fingerprint density at radius 1 is 1.26 bits per heavy atom. The number of aryl methyl sites for hydroxylation is 2. The number of methoxy groups -OCH3 is 1. The maximum absolute atomic E-state index is 5.42. The Labute approximate surface area is 126 Å². The van der Waals surface area contributed by atoms with E-state index in [-0.39, 0.29) is 6.04 Å². The average Bonchev–Trinajstić information content (AvgIpc) is 2.71. The number of rotatable bonds is 4. The minimum absolute atomic E-state index is 0.183. The molecular weight excluding hydrogens is 322 g/mol. The maximum atomic E-state index is 5.42. The van der Waals surface area contributed by atoms with E-state index in [1.165, 1.54) is 15.3 Å². The minimum Gasteiger partial charge on any atom is -0.496 e. The van der Waals surface area contributed by atoms with Crippen LogP contribution in [0, 0.1) is 13.8 Å². The summed E-state index contributed by atoms with van der Waals surface area (Å²) < 4.78 is 6.58. The summed E-state index contributed by atoms with van der Waals surface area (Å²) in [5, 5.41) is 3.38. The molecule has 0 saturated heterocycles. The number of thiophene rings is 1. The third-order valence-electron chi connectivity index (χ3n) is 3.15. The SMILES string of the molecule is CNC(c1ccc(C)c(OC)c1)c1sc(C)cc1Br. The zero-order valence-corrected chi connectivity index (χ0v) is 14.0. The van der Waals surface area contributed by atoms with Crippen LogP contribution in [0.1, 0.15) is 26.9 Å². The molecule has 2 rings (SSSR count). The van der Waals surface area contributed by atoms with E-state index < -0.39 is 0 Å². The van der Waals surface area contributed by atoms with Crippen molar-refractivity contribution >= 4 is 27.3 Å². The molecule has 0 bridgehead atoms. The van der Waals surface area contributed by atoms with Gasteiger partial charge in [0.05, 0.1) is 13.2 Å². The highest BCUT2D eigenvalue weighted by molar-refractivity contribution is 9.10. The molecule has 1 aromatic carbocycles. The van der Waals surface area contributed by atoms with E-state index >= 15 is 0 Å². The Balaban J connectivity index is 2.45. The molecule has 0 fully saturated rings. The molecule has 102 valence electrons. The third kappa shape index (κ3) is 3.02. The molecule has 0 saturated carbocycles. The molecular formula is C15H18BrNOS. The van der Waals surface area contributed by atoms with Gasteiger partial charge in [-0.25, -0.2) is 0 Å². The van der Waals surface area contributed by atoms with Crippen molar-refractivity contribution in [2.45, 2.75) is 19.9 Å². The first-order valence-corrected chi connectivity index (χ1v) is 7.75. The van der Waals surface area contributed by atoms with E-state index in [1.54, 1.807) is 7.11 Å². The zero-order valence-electron chi connectivity index (χ0n) is 11.6. The molecule has 0 aliphatic rings. The molecule has 1 N–H and O–H groups in total. The first-order valence-electron chi connectivity index (χ1n) is 6.14. The fourth-order valence-electron chi connectivity index (χ4n) is 2.16. The van der Waals surface area contributed by atoms with Crippen LogP contribution in [0.4, 0.5) is 0 Å². The normalized spacial score (nSPS) is 12.5. The summed E-state index contributed by atoms with van der Waals surface area (Å²) in [5.41, 5.74) is 2.37. The van der Waals surface area contributed by atoms with E-state index in [0.29, 0.717) is 0 Å². The van der Waals surface area contributed by atoms with E-state index in [2.05, 4.69) is 59.4 Å². The summed E-state index contributed by atoms with van der Waals surface area (Å²) in [6, 6.07) is 8.71. The molecule has 1 atom stereocenters. The van der Waals surface area contributed by atoms with Crippen molar-refractivity contribution in [1.82, 2.24) is 5.32 Å². The topological polar surface area (TPSA) is 21.3 Å². The van der Waals surface area contributed by atoms with Gasteiger partial charge in [0, 0.05) is 14.2 Å². The molecule has 2 nitrogen and oxygen atoms in total. The molecule has 0 spiro atoms. The summed E-state index contributed by atoms with van der Waals surface area (Å²) >= 11 is 5.45. The lowest BCUT2D eigenvalue weighted by Crippen LogP contribution is -2.17. The Morgan fingerprint density at radius 3 is 2.53 bits per heavy atom. The van der Waals surface area contributed by atoms with Gasteiger partial charge in [-0.05, 0) is 60.1 Å². The highest BCUT2D eigenvalue weighted by Crippen LogP contribution is 2.36. The van der Waals surface area contributed by atoms with E-state index in [9.17, 15) is 0 Å². The lowest BCUT2D eigenvalue weighted by Gasteiger charge is -2.17. The molecule has 19 heavy (non-hydrogen) atoms. The Hall–Kier alpha value is -0.840. The molecule has 1 aromatic heterocycles. The smallest absolute Gasteiger partial charge is 0.122 e. The summed E-state index contributed by atoms with van der Waals surface area (Å²) in [6.07, 6.45) is 0. The van der Waals surface area contributed by atoms with Crippen molar-refractivity contribution in [1.29, 1.82) is 0 Å². The van der Waals surface area contributed by atoms with Crippen LogP contribution in [-0.4, -0.2) is 14.2 Å². The Morgan fingerprint density at radius 2 is 2.00 bits per heavy atom. The molecule has 1 unspecified atom stereocenters. The number of halogens is 1. The fraction of sp³-hybridized carbons (Fsp3) is 0.333. The van der Waals surface area contributed by atoms with Gasteiger partial charge in [-0.15, -0.1) is 11.3 Å². The largest absolute Gasteiger partial charge is 0.496 e. The molecule has 1 heterocycles. The predicted octanol–water partition coefficient (Wildman–Crippen LogP) is 4.44. The second-order valence-electron chi connectivity index (χ2n) is 4.52. The number of nitrogens with one attached hydrogen (secondary N) is 1. The van der Waals surface area contributed by atoms with Crippen molar-refractivity contribution in [3.05, 3.63) is 49.6 Å². The first-order chi connectivity index (χ1) is 9.06. The quantitative estimate of drug-likeness (QED) is 0.888. The van der Waals surface area contributed by atoms with Gasteiger partial charge in [0.25, 0.3) is 0 Å². The summed E-state index contributed by atoms with van der Waals surface area (Å²) in [7, 11) is 3.70. The molecule has 0 aliphatic heterocycles. The average molecular weight is 340 g/mol. The number of benzene rings is 1. The summed E-state index contributed by atoms with van der Waals surface area (Å²) in [5.74, 6) is 0.933. The van der Waals surface area contributed by atoms with Gasteiger partial charge in [-0.2, -0.15) is 0 Å². The molecule has 4 heteroatoms. The zero-order chi connectivity index (χ0) is 14.0. The van der Waals surface area contributed by atoms with E-state index in [0.717, 1.165) is 15.8 Å². The first kappa shape index (κ1) is 14.6. The van der Waals surface area contributed by atoms with Crippen LogP contribution in [-0.2, 0) is 0 Å². The highest BCUT2D eigenvalue weighted by Gasteiger charge is 2.18. The van der Waals surface area contributed by atoms with Crippen LogP contribution >= 0.6 is 27.3 Å². The second kappa shape index (κ2) is 6.07. The number of hydrogen-bond donors (Lipinski definition) is 1. The fourth-order valence-corrected chi connectivity index (χ4v) is 4.18. The van der Waals surface area contributed by atoms with Crippen molar-refractivity contribution in [2.24, 2.45) is 0 Å². The number of hydrogen-bond acceptors (Lipinski definition) is 3. The number of ether oxygens (including phenoxy) is 1. The summed E-state index contributed by atoms with van der Waals surface area (Å²) in [6.45, 7) is 4.18. The van der Waals surface area contributed by atoms with Crippen LogP contribution in [0.2, 0.25) is 0 Å². The van der Waals surface area contributed by atoms with Crippen molar-refractivity contribution in [2.75, 3.05) is 14.2 Å². The lowest BCUT2D eigenvalue weighted by atomic mass is 10.0. The van der Waals surface area contributed by atoms with Crippen LogP contribution in [0.25, 0.3) is 0 Å². The van der Waals surface area contributed by atoms with Crippen LogP contribution < -0.4 is 10.1 Å². The van der Waals surface area contributed by atoms with Crippen molar-refractivity contribution in [3.63, 3.8) is 0 Å². The van der Waals surface area contributed by atoms with E-state index in [1.807, 2.05) is 18.4 Å². The van der Waals surface area contributed by atoms with Gasteiger partial charge in [-0.1, -0.05) is 12.1 Å². The van der Waals surface area contributed by atoms with Crippen molar-refractivity contribution in [3.8, 4) is 5.75 Å². The van der Waals surface area contributed by atoms with Gasteiger partial charge in [0.1, 0.15) is 5.75 Å². The van der Waals surface area contributed by atoms with Crippen LogP contribution in [0.5, 0.6) is 5.75 Å². The Kier molecular flexibility index (Phi) is 4.66. The van der Waals surface area contributed by atoms with Gasteiger partial charge >= 0.3 is 0 Å². The van der Waals surface area contributed by atoms with Crippen LogP contribution in [0.3, 0.4) is 0 Å². The lowest BCUT2D eigenvalue weighted by molar-refractivity contribution is 0.410. The van der Waals surface area contributed by atoms with Gasteiger partial charge in [0.2, 0.25) is 0 Å². The van der Waals surface area contributed by atoms with E-state index in [4.69, 9.17) is 4.74 Å².